The molecule has 1 saturated carbocycles. The highest BCUT2D eigenvalue weighted by Crippen LogP contribution is 2.23. The number of ether oxygens (including phenoxy) is 1. The molecule has 154 valence electrons. The van der Waals surface area contributed by atoms with Crippen molar-refractivity contribution in [3.8, 4) is 0 Å². The molecule has 2 amide bonds. The Hall–Kier alpha value is -2.38. The lowest BCUT2D eigenvalue weighted by Gasteiger charge is -2.35. The van der Waals surface area contributed by atoms with E-state index in [0.717, 1.165) is 44.6 Å². The molecular weight excluding hydrogens is 358 g/mol. The van der Waals surface area contributed by atoms with E-state index in [1.807, 2.05) is 26.8 Å². The average molecular weight is 390 g/mol. The third-order valence-corrected chi connectivity index (χ3v) is 4.88. The Balaban J connectivity index is 1.54. The first-order valence-corrected chi connectivity index (χ1v) is 10.0. The van der Waals surface area contributed by atoms with Crippen molar-refractivity contribution in [2.24, 2.45) is 5.92 Å². The number of piperidine rings is 1. The van der Waals surface area contributed by atoms with Gasteiger partial charge in [-0.2, -0.15) is 0 Å². The van der Waals surface area contributed by atoms with Crippen molar-refractivity contribution in [1.29, 1.82) is 0 Å². The Bertz CT molecular complexity index is 697. The van der Waals surface area contributed by atoms with E-state index in [0.29, 0.717) is 24.2 Å². The van der Waals surface area contributed by atoms with Crippen LogP contribution in [0.15, 0.2) is 12.1 Å². The van der Waals surface area contributed by atoms with Gasteiger partial charge in [0.2, 0.25) is 0 Å². The molecule has 0 unspecified atom stereocenters. The number of rotatable bonds is 5. The summed E-state index contributed by atoms with van der Waals surface area (Å²) in [6.07, 6.45) is 3.88. The Morgan fingerprint density at radius 1 is 1.25 bits per heavy atom. The number of carbonyl (C=O) groups excluding carboxylic acids is 2. The van der Waals surface area contributed by atoms with E-state index < -0.39 is 5.60 Å². The molecule has 0 radical (unpaired) electrons. The summed E-state index contributed by atoms with van der Waals surface area (Å²) in [5, 5.41) is 11.3. The standard InChI is InChI=1S/C20H31N5O3/c1-20(2,3)28-19(27)24(4)12-14-6-5-11-25(13-14)17-10-9-16(22-23-17)18(26)21-15-7-8-15/h9-10,14-15H,5-8,11-13H2,1-4H3,(H,21,26)/t14-/m1/s1. The monoisotopic (exact) mass is 389 g/mol. The maximum atomic E-state index is 12.2. The first-order valence-electron chi connectivity index (χ1n) is 10.0. The van der Waals surface area contributed by atoms with E-state index in [4.69, 9.17) is 4.74 Å². The van der Waals surface area contributed by atoms with E-state index in [-0.39, 0.29) is 12.0 Å². The van der Waals surface area contributed by atoms with Gasteiger partial charge in [0.15, 0.2) is 11.5 Å². The van der Waals surface area contributed by atoms with Gasteiger partial charge in [-0.15, -0.1) is 10.2 Å². The number of hydrogen-bond acceptors (Lipinski definition) is 6. The Kier molecular flexibility index (Phi) is 6.05. The highest BCUT2D eigenvalue weighted by atomic mass is 16.6. The predicted octanol–water partition coefficient (Wildman–Crippen LogP) is 2.45. The fourth-order valence-electron chi connectivity index (χ4n) is 3.33. The van der Waals surface area contributed by atoms with Crippen LogP contribution in [0.1, 0.15) is 56.9 Å². The molecule has 3 rings (SSSR count). The minimum absolute atomic E-state index is 0.156. The van der Waals surface area contributed by atoms with Crippen LogP contribution in [0, 0.1) is 5.92 Å². The van der Waals surface area contributed by atoms with Crippen LogP contribution >= 0.6 is 0 Å². The lowest BCUT2D eigenvalue weighted by molar-refractivity contribution is 0.0269. The quantitative estimate of drug-likeness (QED) is 0.832. The molecule has 2 heterocycles. The first-order chi connectivity index (χ1) is 13.2. The lowest BCUT2D eigenvalue weighted by atomic mass is 9.97. The van der Waals surface area contributed by atoms with Gasteiger partial charge < -0.3 is 19.9 Å². The van der Waals surface area contributed by atoms with Crippen molar-refractivity contribution in [1.82, 2.24) is 20.4 Å². The number of amides is 2. The molecule has 1 N–H and O–H groups in total. The predicted molar refractivity (Wildman–Crippen MR) is 106 cm³/mol. The van der Waals surface area contributed by atoms with Crippen LogP contribution in [0.4, 0.5) is 10.6 Å². The molecule has 1 saturated heterocycles. The molecule has 2 fully saturated rings. The molecule has 1 atom stereocenters. The van der Waals surface area contributed by atoms with Crippen molar-refractivity contribution in [3.63, 3.8) is 0 Å². The summed E-state index contributed by atoms with van der Waals surface area (Å²) in [5.41, 5.74) is -0.138. The number of nitrogens with one attached hydrogen (secondary N) is 1. The molecular formula is C20H31N5O3. The van der Waals surface area contributed by atoms with Gasteiger partial charge in [-0.3, -0.25) is 4.79 Å². The smallest absolute Gasteiger partial charge is 0.410 e. The van der Waals surface area contributed by atoms with E-state index >= 15 is 0 Å². The van der Waals surface area contributed by atoms with E-state index in [9.17, 15) is 9.59 Å². The van der Waals surface area contributed by atoms with Gasteiger partial charge in [0.1, 0.15) is 5.60 Å². The average Bonchev–Trinajstić information content (AvgIpc) is 3.44. The van der Waals surface area contributed by atoms with Crippen molar-refractivity contribution in [2.45, 2.75) is 58.1 Å². The van der Waals surface area contributed by atoms with Crippen LogP contribution in [0.25, 0.3) is 0 Å². The zero-order chi connectivity index (χ0) is 20.3. The van der Waals surface area contributed by atoms with Gasteiger partial charge in [-0.25, -0.2) is 4.79 Å². The van der Waals surface area contributed by atoms with Crippen LogP contribution in [-0.2, 0) is 4.74 Å². The second-order valence-electron chi connectivity index (χ2n) is 8.84. The summed E-state index contributed by atoms with van der Waals surface area (Å²) in [7, 11) is 1.78. The van der Waals surface area contributed by atoms with Gasteiger partial charge in [-0.1, -0.05) is 0 Å². The zero-order valence-electron chi connectivity index (χ0n) is 17.3. The summed E-state index contributed by atoms with van der Waals surface area (Å²) in [4.78, 5) is 28.1. The van der Waals surface area contributed by atoms with Crippen LogP contribution < -0.4 is 10.2 Å². The fraction of sp³-hybridized carbons (Fsp3) is 0.700. The third-order valence-electron chi connectivity index (χ3n) is 4.88. The fourth-order valence-corrected chi connectivity index (χ4v) is 3.33. The van der Waals surface area contributed by atoms with Crippen LogP contribution in [0.3, 0.4) is 0 Å². The Morgan fingerprint density at radius 2 is 2.00 bits per heavy atom. The molecule has 1 aliphatic heterocycles. The highest BCUT2D eigenvalue weighted by molar-refractivity contribution is 5.92. The number of anilines is 1. The summed E-state index contributed by atoms with van der Waals surface area (Å²) in [6, 6.07) is 3.89. The van der Waals surface area contributed by atoms with Crippen molar-refractivity contribution in [3.05, 3.63) is 17.8 Å². The Labute approximate surface area is 166 Å². The molecule has 0 aromatic carbocycles. The van der Waals surface area contributed by atoms with Gasteiger partial charge >= 0.3 is 6.09 Å². The molecule has 8 heteroatoms. The van der Waals surface area contributed by atoms with Crippen molar-refractivity contribution in [2.75, 3.05) is 31.6 Å². The SMILES string of the molecule is CN(C[C@H]1CCCN(c2ccc(C(=O)NC3CC3)nn2)C1)C(=O)OC(C)(C)C. The molecule has 1 aromatic rings. The topological polar surface area (TPSA) is 87.7 Å². The highest BCUT2D eigenvalue weighted by Gasteiger charge is 2.27. The summed E-state index contributed by atoms with van der Waals surface area (Å²) in [6.45, 7) is 7.95. The maximum absolute atomic E-state index is 12.2. The number of nitrogens with zero attached hydrogens (tertiary/aromatic N) is 4. The van der Waals surface area contributed by atoms with Crippen LogP contribution in [-0.4, -0.2) is 65.4 Å². The molecule has 1 aliphatic carbocycles. The minimum Gasteiger partial charge on any atom is -0.444 e. The number of aromatic nitrogens is 2. The molecule has 2 aliphatic rings. The molecule has 8 nitrogen and oxygen atoms in total. The minimum atomic E-state index is -0.493. The summed E-state index contributed by atoms with van der Waals surface area (Å²) in [5.74, 6) is 0.954. The van der Waals surface area contributed by atoms with Crippen LogP contribution in [0.5, 0.6) is 0 Å². The second-order valence-corrected chi connectivity index (χ2v) is 8.84. The van der Waals surface area contributed by atoms with E-state index in [1.54, 1.807) is 18.0 Å². The van der Waals surface area contributed by atoms with Gasteiger partial charge in [0.05, 0.1) is 0 Å². The normalized spacial score (nSPS) is 19.9. The van der Waals surface area contributed by atoms with Gasteiger partial charge in [-0.05, 0) is 64.5 Å². The summed E-state index contributed by atoms with van der Waals surface area (Å²) < 4.78 is 5.43. The van der Waals surface area contributed by atoms with E-state index in [2.05, 4.69) is 20.4 Å². The lowest BCUT2D eigenvalue weighted by Crippen LogP contribution is -2.43. The van der Waals surface area contributed by atoms with Crippen molar-refractivity contribution >= 4 is 17.8 Å². The largest absolute Gasteiger partial charge is 0.444 e. The zero-order valence-corrected chi connectivity index (χ0v) is 17.3. The van der Waals surface area contributed by atoms with Gasteiger partial charge in [0, 0.05) is 32.7 Å². The molecule has 1 aromatic heterocycles. The van der Waals surface area contributed by atoms with Gasteiger partial charge in [0.25, 0.3) is 5.91 Å². The second kappa shape index (κ2) is 8.32. The van der Waals surface area contributed by atoms with E-state index in [1.165, 1.54) is 0 Å². The summed E-state index contributed by atoms with van der Waals surface area (Å²) >= 11 is 0. The number of carbonyl (C=O) groups is 2. The third kappa shape index (κ3) is 5.81. The first kappa shape index (κ1) is 20.4. The number of hydrogen-bond donors (Lipinski definition) is 1. The molecule has 0 bridgehead atoms. The molecule has 0 spiro atoms. The maximum Gasteiger partial charge on any atom is 0.410 e. The molecule has 28 heavy (non-hydrogen) atoms. The van der Waals surface area contributed by atoms with Crippen molar-refractivity contribution < 1.29 is 14.3 Å². The van der Waals surface area contributed by atoms with Crippen LogP contribution in [0.2, 0.25) is 0 Å². The Morgan fingerprint density at radius 3 is 2.61 bits per heavy atom.